The average Bonchev–Trinajstić information content (AvgIpc) is 2.24. The van der Waals surface area contributed by atoms with Crippen LogP contribution in [0.1, 0.15) is 30.9 Å². The van der Waals surface area contributed by atoms with Crippen LogP contribution in [0.3, 0.4) is 0 Å². The molecule has 4 heteroatoms. The predicted molar refractivity (Wildman–Crippen MR) is 58.8 cm³/mol. The number of rotatable bonds is 4. The third-order valence-corrected chi connectivity index (χ3v) is 2.14. The van der Waals surface area contributed by atoms with E-state index in [2.05, 4.69) is 4.99 Å². The van der Waals surface area contributed by atoms with Crippen LogP contribution >= 0.6 is 0 Å². The molecule has 1 rings (SSSR count). The summed E-state index contributed by atoms with van der Waals surface area (Å²) in [6.07, 6.45) is -1.13. The van der Waals surface area contributed by atoms with Crippen LogP contribution in [0, 0.1) is 0 Å². The Morgan fingerprint density at radius 1 is 1.25 bits per heavy atom. The van der Waals surface area contributed by atoms with Gasteiger partial charge in [0.2, 0.25) is 0 Å². The highest BCUT2D eigenvalue weighted by molar-refractivity contribution is 5.82. The lowest BCUT2D eigenvalue weighted by Gasteiger charge is -2.09. The van der Waals surface area contributed by atoms with Gasteiger partial charge in [0.05, 0.1) is 5.56 Å². The van der Waals surface area contributed by atoms with E-state index in [-0.39, 0.29) is 5.56 Å². The first kappa shape index (κ1) is 12.7. The van der Waals surface area contributed by atoms with Gasteiger partial charge in [0.1, 0.15) is 0 Å². The Kier molecular flexibility index (Phi) is 4.52. The smallest absolute Gasteiger partial charge is 0.293 e. The average molecular weight is 229 g/mol. The van der Waals surface area contributed by atoms with Crippen molar-refractivity contribution in [1.29, 1.82) is 0 Å². The largest absolute Gasteiger partial charge is 0.417 e. The fraction of sp³-hybridized carbons (Fsp3) is 0.417. The van der Waals surface area contributed by atoms with Gasteiger partial charge in [-0.25, -0.2) is 0 Å². The maximum absolute atomic E-state index is 12.6. The van der Waals surface area contributed by atoms with Gasteiger partial charge >= 0.3 is 6.18 Å². The molecule has 0 N–H and O–H groups in total. The van der Waals surface area contributed by atoms with Gasteiger partial charge in [-0.2, -0.15) is 13.2 Å². The first-order valence-corrected chi connectivity index (χ1v) is 5.21. The highest BCUT2D eigenvalue weighted by atomic mass is 19.4. The van der Waals surface area contributed by atoms with Gasteiger partial charge in [0.15, 0.2) is 0 Å². The molecule has 0 aliphatic heterocycles. The Morgan fingerprint density at radius 2 is 1.94 bits per heavy atom. The lowest BCUT2D eigenvalue weighted by atomic mass is 10.1. The van der Waals surface area contributed by atoms with E-state index in [0.29, 0.717) is 6.54 Å². The molecule has 0 bridgehead atoms. The van der Waals surface area contributed by atoms with E-state index in [9.17, 15) is 13.2 Å². The van der Waals surface area contributed by atoms with Crippen LogP contribution in [0.2, 0.25) is 0 Å². The molecule has 0 aromatic heterocycles. The molecule has 0 saturated heterocycles. The first-order valence-electron chi connectivity index (χ1n) is 5.21. The SMILES string of the molecule is CCCC/N=C/c1ccccc1C(F)(F)F. The molecule has 0 unspecified atom stereocenters. The quantitative estimate of drug-likeness (QED) is 0.548. The van der Waals surface area contributed by atoms with Crippen LogP contribution in [-0.4, -0.2) is 12.8 Å². The first-order chi connectivity index (χ1) is 7.55. The van der Waals surface area contributed by atoms with Crippen LogP contribution in [-0.2, 0) is 6.18 Å². The Balaban J connectivity index is 2.83. The van der Waals surface area contributed by atoms with Crippen molar-refractivity contribution in [3.05, 3.63) is 35.4 Å². The number of aliphatic imine (C=N–C) groups is 1. The van der Waals surface area contributed by atoms with E-state index < -0.39 is 11.7 Å². The van der Waals surface area contributed by atoms with Gasteiger partial charge in [-0.1, -0.05) is 31.5 Å². The van der Waals surface area contributed by atoms with Gasteiger partial charge in [-0.3, -0.25) is 4.99 Å². The fourth-order valence-corrected chi connectivity index (χ4v) is 1.28. The molecular formula is C12H14F3N. The summed E-state index contributed by atoms with van der Waals surface area (Å²) in [6, 6.07) is 5.46. The third-order valence-electron chi connectivity index (χ3n) is 2.14. The van der Waals surface area contributed by atoms with Crippen LogP contribution in [0.5, 0.6) is 0 Å². The molecule has 0 amide bonds. The summed E-state index contributed by atoms with van der Waals surface area (Å²) in [5.74, 6) is 0. The van der Waals surface area contributed by atoms with E-state index in [4.69, 9.17) is 0 Å². The zero-order chi connectivity index (χ0) is 12.0. The number of alkyl halides is 3. The molecule has 0 atom stereocenters. The minimum atomic E-state index is -4.31. The van der Waals surface area contributed by atoms with Gasteiger partial charge in [0, 0.05) is 18.3 Å². The van der Waals surface area contributed by atoms with Gasteiger partial charge < -0.3 is 0 Å². The summed E-state index contributed by atoms with van der Waals surface area (Å²) in [6.45, 7) is 2.59. The highest BCUT2D eigenvalue weighted by Crippen LogP contribution is 2.31. The minimum absolute atomic E-state index is 0.131. The molecular weight excluding hydrogens is 215 g/mol. The normalized spacial score (nSPS) is 12.2. The zero-order valence-corrected chi connectivity index (χ0v) is 9.09. The monoisotopic (exact) mass is 229 g/mol. The van der Waals surface area contributed by atoms with E-state index in [1.54, 1.807) is 6.07 Å². The Bertz CT molecular complexity index is 356. The summed E-state index contributed by atoms with van der Waals surface area (Å²) in [5, 5.41) is 0. The second-order valence-corrected chi connectivity index (χ2v) is 3.47. The second kappa shape index (κ2) is 5.68. The van der Waals surface area contributed by atoms with Crippen LogP contribution < -0.4 is 0 Å². The van der Waals surface area contributed by atoms with E-state index in [1.807, 2.05) is 6.92 Å². The van der Waals surface area contributed by atoms with Crippen molar-refractivity contribution in [2.45, 2.75) is 25.9 Å². The number of hydrogen-bond donors (Lipinski definition) is 0. The molecule has 0 heterocycles. The summed E-state index contributed by atoms with van der Waals surface area (Å²) in [5.41, 5.74) is -0.499. The van der Waals surface area contributed by atoms with Gasteiger partial charge in [-0.15, -0.1) is 0 Å². The molecule has 0 aliphatic carbocycles. The predicted octanol–water partition coefficient (Wildman–Crippen LogP) is 3.92. The van der Waals surface area contributed by atoms with Gasteiger partial charge in [-0.05, 0) is 12.5 Å². The molecule has 88 valence electrons. The summed E-state index contributed by atoms with van der Waals surface area (Å²) in [7, 11) is 0. The molecule has 0 radical (unpaired) electrons. The molecule has 1 aromatic rings. The number of benzene rings is 1. The van der Waals surface area contributed by atoms with Crippen molar-refractivity contribution in [1.82, 2.24) is 0 Å². The van der Waals surface area contributed by atoms with Crippen molar-refractivity contribution in [3.63, 3.8) is 0 Å². The van der Waals surface area contributed by atoms with E-state index in [1.165, 1.54) is 18.3 Å². The lowest BCUT2D eigenvalue weighted by Crippen LogP contribution is -2.08. The highest BCUT2D eigenvalue weighted by Gasteiger charge is 2.32. The van der Waals surface area contributed by atoms with Crippen molar-refractivity contribution >= 4 is 6.21 Å². The summed E-state index contributed by atoms with van der Waals surface area (Å²) >= 11 is 0. The maximum atomic E-state index is 12.6. The van der Waals surface area contributed by atoms with Crippen molar-refractivity contribution in [2.24, 2.45) is 4.99 Å². The zero-order valence-electron chi connectivity index (χ0n) is 9.09. The Hall–Kier alpha value is -1.32. The standard InChI is InChI=1S/C12H14F3N/c1-2-3-8-16-9-10-6-4-5-7-11(10)12(13,14)15/h4-7,9H,2-3,8H2,1H3/b16-9+. The van der Waals surface area contributed by atoms with Gasteiger partial charge in [0.25, 0.3) is 0 Å². The van der Waals surface area contributed by atoms with E-state index in [0.717, 1.165) is 18.9 Å². The fourth-order valence-electron chi connectivity index (χ4n) is 1.28. The Morgan fingerprint density at radius 3 is 2.56 bits per heavy atom. The lowest BCUT2D eigenvalue weighted by molar-refractivity contribution is -0.137. The summed E-state index contributed by atoms with van der Waals surface area (Å²) < 4.78 is 37.7. The molecule has 16 heavy (non-hydrogen) atoms. The molecule has 0 aliphatic rings. The number of hydrogen-bond acceptors (Lipinski definition) is 1. The number of nitrogens with zero attached hydrogens (tertiary/aromatic N) is 1. The number of unbranched alkanes of at least 4 members (excludes halogenated alkanes) is 1. The minimum Gasteiger partial charge on any atom is -0.293 e. The van der Waals surface area contributed by atoms with Crippen LogP contribution in [0.25, 0.3) is 0 Å². The summed E-state index contributed by atoms with van der Waals surface area (Å²) in [4.78, 5) is 3.98. The number of halogens is 3. The maximum Gasteiger partial charge on any atom is 0.417 e. The van der Waals surface area contributed by atoms with Crippen LogP contribution in [0.15, 0.2) is 29.3 Å². The molecule has 0 fully saturated rings. The third kappa shape index (κ3) is 3.68. The molecule has 1 nitrogen and oxygen atoms in total. The van der Waals surface area contributed by atoms with Crippen molar-refractivity contribution in [2.75, 3.05) is 6.54 Å². The topological polar surface area (TPSA) is 12.4 Å². The van der Waals surface area contributed by atoms with Crippen molar-refractivity contribution in [3.8, 4) is 0 Å². The molecule has 0 spiro atoms. The van der Waals surface area contributed by atoms with Crippen LogP contribution in [0.4, 0.5) is 13.2 Å². The van der Waals surface area contributed by atoms with Crippen molar-refractivity contribution < 1.29 is 13.2 Å². The second-order valence-electron chi connectivity index (χ2n) is 3.47. The molecule has 1 aromatic carbocycles. The molecule has 0 saturated carbocycles. The Labute approximate surface area is 93.0 Å². The van der Waals surface area contributed by atoms with E-state index >= 15 is 0 Å².